The van der Waals surface area contributed by atoms with Gasteiger partial charge in [0.1, 0.15) is 0 Å². The molecule has 1 saturated heterocycles. The van der Waals surface area contributed by atoms with Crippen LogP contribution in [0.5, 0.6) is 0 Å². The van der Waals surface area contributed by atoms with E-state index in [9.17, 15) is 14.9 Å². The highest BCUT2D eigenvalue weighted by molar-refractivity contribution is 5.94. The van der Waals surface area contributed by atoms with Crippen molar-refractivity contribution in [2.45, 2.75) is 62.8 Å². The van der Waals surface area contributed by atoms with Crippen LogP contribution in [-0.4, -0.2) is 38.1 Å². The van der Waals surface area contributed by atoms with Crippen molar-refractivity contribution in [3.05, 3.63) is 35.4 Å². The van der Waals surface area contributed by atoms with Crippen molar-refractivity contribution in [1.29, 1.82) is 5.26 Å². The molecule has 2 fully saturated rings. The van der Waals surface area contributed by atoms with Gasteiger partial charge in [0.2, 0.25) is 0 Å². The second-order valence-corrected chi connectivity index (χ2v) is 8.33. The SMILES string of the molecule is COC(=O)CC[C@H]1CC[C@H](NC(=O)c2ccc(C3(C#N)CCNCC3)cc2)CC1.Cl. The van der Waals surface area contributed by atoms with Crippen molar-refractivity contribution in [3.8, 4) is 6.07 Å². The number of hydrogen-bond acceptors (Lipinski definition) is 5. The number of nitrogens with zero attached hydrogens (tertiary/aromatic N) is 1. The first kappa shape index (κ1) is 24.2. The molecule has 1 aliphatic carbocycles. The van der Waals surface area contributed by atoms with Crippen molar-refractivity contribution in [2.75, 3.05) is 20.2 Å². The van der Waals surface area contributed by atoms with Gasteiger partial charge in [-0.25, -0.2) is 0 Å². The standard InChI is InChI=1S/C23H31N3O3.ClH/c1-29-21(27)11-4-17-2-9-20(10-3-17)26-22(28)18-5-7-19(8-6-18)23(16-24)12-14-25-15-13-23;/h5-8,17,20,25H,2-4,9-15H2,1H3,(H,26,28);1H/t17-,20-;. The van der Waals surface area contributed by atoms with E-state index < -0.39 is 5.41 Å². The van der Waals surface area contributed by atoms with Crippen molar-refractivity contribution >= 4 is 24.3 Å². The number of nitriles is 1. The average Bonchev–Trinajstić information content (AvgIpc) is 2.79. The van der Waals surface area contributed by atoms with E-state index >= 15 is 0 Å². The number of nitrogens with one attached hydrogen (secondary N) is 2. The van der Waals surface area contributed by atoms with Gasteiger partial charge in [0.05, 0.1) is 18.6 Å². The van der Waals surface area contributed by atoms with Gasteiger partial charge in [0.25, 0.3) is 5.91 Å². The highest BCUT2D eigenvalue weighted by atomic mass is 35.5. The number of amides is 1. The topological polar surface area (TPSA) is 91.2 Å². The number of carbonyl (C=O) groups excluding carboxylic acids is 2. The molecule has 0 unspecified atom stereocenters. The summed E-state index contributed by atoms with van der Waals surface area (Å²) < 4.78 is 4.71. The van der Waals surface area contributed by atoms with E-state index in [4.69, 9.17) is 4.74 Å². The molecule has 2 N–H and O–H groups in total. The van der Waals surface area contributed by atoms with Gasteiger partial charge < -0.3 is 15.4 Å². The van der Waals surface area contributed by atoms with E-state index in [1.165, 1.54) is 7.11 Å². The zero-order valence-corrected chi connectivity index (χ0v) is 18.4. The van der Waals surface area contributed by atoms with Crippen LogP contribution < -0.4 is 10.6 Å². The van der Waals surface area contributed by atoms with Crippen LogP contribution in [0, 0.1) is 17.2 Å². The lowest BCUT2D eigenvalue weighted by Crippen LogP contribution is -2.39. The normalized spacial score (nSPS) is 22.8. The molecule has 6 nitrogen and oxygen atoms in total. The lowest BCUT2D eigenvalue weighted by molar-refractivity contribution is -0.141. The number of methoxy groups -OCH3 is 1. The van der Waals surface area contributed by atoms with E-state index in [1.807, 2.05) is 24.3 Å². The maximum Gasteiger partial charge on any atom is 0.305 e. The van der Waals surface area contributed by atoms with Crippen molar-refractivity contribution in [1.82, 2.24) is 10.6 Å². The predicted molar refractivity (Wildman–Crippen MR) is 118 cm³/mol. The summed E-state index contributed by atoms with van der Waals surface area (Å²) in [6.45, 7) is 1.69. The first-order valence-corrected chi connectivity index (χ1v) is 10.7. The second-order valence-electron chi connectivity index (χ2n) is 8.33. The Kier molecular flexibility index (Phi) is 9.13. The molecule has 0 atom stereocenters. The maximum absolute atomic E-state index is 12.6. The van der Waals surface area contributed by atoms with Gasteiger partial charge >= 0.3 is 5.97 Å². The third-order valence-corrected chi connectivity index (χ3v) is 6.54. The number of carbonyl (C=O) groups is 2. The van der Waals surface area contributed by atoms with Gasteiger partial charge in [-0.05, 0) is 81.6 Å². The zero-order valence-electron chi connectivity index (χ0n) is 17.6. The predicted octanol–water partition coefficient (Wildman–Crippen LogP) is 3.49. The lowest BCUT2D eigenvalue weighted by atomic mass is 9.74. The van der Waals surface area contributed by atoms with E-state index in [0.717, 1.165) is 63.6 Å². The molecule has 2 aliphatic rings. The van der Waals surface area contributed by atoms with Gasteiger partial charge in [-0.15, -0.1) is 12.4 Å². The number of ether oxygens (including phenoxy) is 1. The minimum Gasteiger partial charge on any atom is -0.469 e. The number of benzene rings is 1. The van der Waals surface area contributed by atoms with Crippen LogP contribution in [0.2, 0.25) is 0 Å². The smallest absolute Gasteiger partial charge is 0.305 e. The van der Waals surface area contributed by atoms with Crippen molar-refractivity contribution in [3.63, 3.8) is 0 Å². The monoisotopic (exact) mass is 433 g/mol. The van der Waals surface area contributed by atoms with Crippen LogP contribution in [0.3, 0.4) is 0 Å². The van der Waals surface area contributed by atoms with Crippen LogP contribution >= 0.6 is 12.4 Å². The molecular weight excluding hydrogens is 402 g/mol. The first-order chi connectivity index (χ1) is 14.1. The summed E-state index contributed by atoms with van der Waals surface area (Å²) in [5.74, 6) is 0.339. The molecule has 1 aromatic rings. The molecule has 3 rings (SSSR count). The molecule has 0 spiro atoms. The summed E-state index contributed by atoms with van der Waals surface area (Å²) >= 11 is 0. The fourth-order valence-corrected chi connectivity index (χ4v) is 4.55. The molecule has 7 heteroatoms. The summed E-state index contributed by atoms with van der Waals surface area (Å²) in [5, 5.41) is 16.2. The number of hydrogen-bond donors (Lipinski definition) is 2. The summed E-state index contributed by atoms with van der Waals surface area (Å²) in [6, 6.07) is 10.2. The van der Waals surface area contributed by atoms with Crippen LogP contribution in [-0.2, 0) is 14.9 Å². The minimum atomic E-state index is -0.442. The number of piperidine rings is 1. The molecule has 164 valence electrons. The van der Waals surface area contributed by atoms with Gasteiger partial charge in [-0.3, -0.25) is 9.59 Å². The zero-order chi connectivity index (χ0) is 20.7. The second kappa shape index (κ2) is 11.3. The van der Waals surface area contributed by atoms with Crippen molar-refractivity contribution in [2.24, 2.45) is 5.92 Å². The Labute approximate surface area is 185 Å². The Balaban J connectivity index is 0.00000320. The van der Waals surface area contributed by atoms with Crippen LogP contribution in [0.1, 0.15) is 67.3 Å². The Morgan fingerprint density at radius 2 is 1.80 bits per heavy atom. The third-order valence-electron chi connectivity index (χ3n) is 6.54. The Morgan fingerprint density at radius 3 is 2.37 bits per heavy atom. The van der Waals surface area contributed by atoms with E-state index in [1.54, 1.807) is 0 Å². The fourth-order valence-electron chi connectivity index (χ4n) is 4.55. The van der Waals surface area contributed by atoms with Crippen LogP contribution in [0.4, 0.5) is 0 Å². The van der Waals surface area contributed by atoms with Crippen molar-refractivity contribution < 1.29 is 14.3 Å². The van der Waals surface area contributed by atoms with Gasteiger partial charge in [0.15, 0.2) is 0 Å². The van der Waals surface area contributed by atoms with E-state index in [2.05, 4.69) is 16.7 Å². The Hall–Kier alpha value is -2.10. The highest BCUT2D eigenvalue weighted by Crippen LogP contribution is 2.33. The molecule has 1 amide bonds. The molecule has 0 radical (unpaired) electrons. The Bertz CT molecular complexity index is 746. The number of halogens is 1. The summed E-state index contributed by atoms with van der Waals surface area (Å²) in [5.41, 5.74) is 1.20. The van der Waals surface area contributed by atoms with Gasteiger partial charge in [-0.1, -0.05) is 12.1 Å². The molecule has 0 aromatic heterocycles. The molecule has 30 heavy (non-hydrogen) atoms. The molecule has 1 heterocycles. The van der Waals surface area contributed by atoms with E-state index in [0.29, 0.717) is 17.9 Å². The Morgan fingerprint density at radius 1 is 1.17 bits per heavy atom. The minimum absolute atomic E-state index is 0. The van der Waals surface area contributed by atoms with Gasteiger partial charge in [0, 0.05) is 18.0 Å². The summed E-state index contributed by atoms with van der Waals surface area (Å²) in [4.78, 5) is 23.9. The third kappa shape index (κ3) is 5.96. The lowest BCUT2D eigenvalue weighted by Gasteiger charge is -2.31. The number of esters is 1. The largest absolute Gasteiger partial charge is 0.469 e. The highest BCUT2D eigenvalue weighted by Gasteiger charge is 2.34. The van der Waals surface area contributed by atoms with Gasteiger partial charge in [-0.2, -0.15) is 5.26 Å². The molecule has 1 aliphatic heterocycles. The molecule has 0 bridgehead atoms. The summed E-state index contributed by atoms with van der Waals surface area (Å²) in [7, 11) is 1.42. The fraction of sp³-hybridized carbons (Fsp3) is 0.609. The maximum atomic E-state index is 12.6. The first-order valence-electron chi connectivity index (χ1n) is 10.7. The molecule has 1 aromatic carbocycles. The molecule has 1 saturated carbocycles. The summed E-state index contributed by atoms with van der Waals surface area (Å²) in [6.07, 6.45) is 6.89. The van der Waals surface area contributed by atoms with Crippen LogP contribution in [0.15, 0.2) is 24.3 Å². The van der Waals surface area contributed by atoms with Crippen LogP contribution in [0.25, 0.3) is 0 Å². The molecular formula is C23H32ClN3O3. The quantitative estimate of drug-likeness (QED) is 0.670. The average molecular weight is 434 g/mol. The number of rotatable bonds is 6. The van der Waals surface area contributed by atoms with E-state index in [-0.39, 0.29) is 30.3 Å².